The lowest BCUT2D eigenvalue weighted by atomic mass is 10.2. The van der Waals surface area contributed by atoms with E-state index in [1.165, 1.54) is 12.1 Å². The predicted molar refractivity (Wildman–Crippen MR) is 35.9 cm³/mol. The maximum Gasteiger partial charge on any atom is 0.263 e. The first-order valence-electron chi connectivity index (χ1n) is 2.90. The van der Waals surface area contributed by atoms with Gasteiger partial charge in [0, 0.05) is 5.56 Å². The fourth-order valence-corrected chi connectivity index (χ4v) is 0.663. The van der Waals surface area contributed by atoms with Crippen molar-refractivity contribution in [3.63, 3.8) is 0 Å². The van der Waals surface area contributed by atoms with Crippen molar-refractivity contribution in [1.29, 1.82) is 0 Å². The molecule has 0 unspecified atom stereocenters. The molecule has 0 aliphatic rings. The van der Waals surface area contributed by atoms with E-state index in [-0.39, 0.29) is 5.56 Å². The molecular formula is C8H7F2. The molecule has 0 nitrogen and oxygen atoms in total. The van der Waals surface area contributed by atoms with Crippen LogP contribution < -0.4 is 0 Å². The summed E-state index contributed by atoms with van der Waals surface area (Å²) in [5.74, 6) is 0. The second-order valence-corrected chi connectivity index (χ2v) is 2.04. The molecule has 1 radical (unpaired) electrons. The van der Waals surface area contributed by atoms with E-state index in [9.17, 15) is 8.78 Å². The second kappa shape index (κ2) is 2.78. The molecule has 0 aliphatic carbocycles. The molecule has 53 valence electrons. The van der Waals surface area contributed by atoms with Gasteiger partial charge in [0.15, 0.2) is 0 Å². The third-order valence-electron chi connectivity index (χ3n) is 1.23. The van der Waals surface area contributed by atoms with Gasteiger partial charge < -0.3 is 0 Å². The Kier molecular flexibility index (Phi) is 2.00. The quantitative estimate of drug-likeness (QED) is 0.564. The van der Waals surface area contributed by atoms with Gasteiger partial charge in [-0.3, -0.25) is 0 Å². The van der Waals surface area contributed by atoms with Crippen LogP contribution in [0.3, 0.4) is 0 Å². The van der Waals surface area contributed by atoms with Gasteiger partial charge in [0.05, 0.1) is 0 Å². The summed E-state index contributed by atoms with van der Waals surface area (Å²) >= 11 is 0. The topological polar surface area (TPSA) is 0 Å². The van der Waals surface area contributed by atoms with E-state index in [0.717, 1.165) is 5.56 Å². The van der Waals surface area contributed by atoms with Crippen molar-refractivity contribution in [2.75, 3.05) is 0 Å². The molecule has 0 fully saturated rings. The van der Waals surface area contributed by atoms with Crippen LogP contribution in [-0.4, -0.2) is 0 Å². The first-order valence-corrected chi connectivity index (χ1v) is 2.90. The molecule has 0 bridgehead atoms. The van der Waals surface area contributed by atoms with Crippen molar-refractivity contribution in [2.24, 2.45) is 0 Å². The first kappa shape index (κ1) is 7.19. The third-order valence-corrected chi connectivity index (χ3v) is 1.23. The zero-order valence-corrected chi connectivity index (χ0v) is 5.35. The van der Waals surface area contributed by atoms with Crippen LogP contribution in [0.1, 0.15) is 17.6 Å². The van der Waals surface area contributed by atoms with E-state index in [1.54, 1.807) is 12.1 Å². The van der Waals surface area contributed by atoms with E-state index in [2.05, 4.69) is 6.92 Å². The average molecular weight is 141 g/mol. The van der Waals surface area contributed by atoms with E-state index in [1.807, 2.05) is 0 Å². The van der Waals surface area contributed by atoms with Crippen molar-refractivity contribution >= 4 is 0 Å². The summed E-state index contributed by atoms with van der Waals surface area (Å²) in [5.41, 5.74) is 0.803. The van der Waals surface area contributed by atoms with E-state index in [0.29, 0.717) is 0 Å². The molecule has 0 saturated heterocycles. The van der Waals surface area contributed by atoms with Crippen molar-refractivity contribution in [3.8, 4) is 0 Å². The lowest BCUT2D eigenvalue weighted by Crippen LogP contribution is -1.82. The Morgan fingerprint density at radius 2 is 1.60 bits per heavy atom. The highest BCUT2D eigenvalue weighted by molar-refractivity contribution is 5.24. The Hall–Kier alpha value is -0.920. The van der Waals surface area contributed by atoms with Crippen LogP contribution in [0, 0.1) is 6.92 Å². The molecule has 0 aliphatic heterocycles. The average Bonchev–Trinajstić information content (AvgIpc) is 1.88. The molecule has 1 rings (SSSR count). The Morgan fingerprint density at radius 1 is 1.10 bits per heavy atom. The molecule has 10 heavy (non-hydrogen) atoms. The van der Waals surface area contributed by atoms with Gasteiger partial charge in [-0.2, -0.15) is 0 Å². The zero-order chi connectivity index (χ0) is 7.56. The summed E-state index contributed by atoms with van der Waals surface area (Å²) in [7, 11) is 0. The first-order chi connectivity index (χ1) is 4.70. The number of hydrogen-bond donors (Lipinski definition) is 0. The van der Waals surface area contributed by atoms with Gasteiger partial charge in [-0.25, -0.2) is 8.78 Å². The monoisotopic (exact) mass is 141 g/mol. The van der Waals surface area contributed by atoms with Crippen LogP contribution in [0.25, 0.3) is 0 Å². The van der Waals surface area contributed by atoms with Gasteiger partial charge in [-0.1, -0.05) is 24.3 Å². The van der Waals surface area contributed by atoms with Crippen LogP contribution >= 0.6 is 0 Å². The summed E-state index contributed by atoms with van der Waals surface area (Å²) in [6.45, 7) is 3.58. The molecule has 0 amide bonds. The maximum absolute atomic E-state index is 11.9. The van der Waals surface area contributed by atoms with E-state index in [4.69, 9.17) is 0 Å². The minimum atomic E-state index is -2.37. The van der Waals surface area contributed by atoms with Crippen LogP contribution in [0.15, 0.2) is 24.3 Å². The smallest absolute Gasteiger partial charge is 0.205 e. The van der Waals surface area contributed by atoms with Crippen LogP contribution in [-0.2, 0) is 0 Å². The highest BCUT2D eigenvalue weighted by Gasteiger charge is 2.03. The molecule has 1 aromatic rings. The number of rotatable bonds is 1. The molecule has 1 aromatic carbocycles. The van der Waals surface area contributed by atoms with Gasteiger partial charge in [0.1, 0.15) is 0 Å². The van der Waals surface area contributed by atoms with E-state index < -0.39 is 6.43 Å². The summed E-state index contributed by atoms with van der Waals surface area (Å²) in [6.07, 6.45) is -2.37. The van der Waals surface area contributed by atoms with Gasteiger partial charge in [-0.15, -0.1) is 0 Å². The number of alkyl halides is 2. The van der Waals surface area contributed by atoms with Gasteiger partial charge in [0.25, 0.3) is 6.43 Å². The molecule has 0 heterocycles. The highest BCUT2D eigenvalue weighted by Crippen LogP contribution is 2.17. The minimum Gasteiger partial charge on any atom is -0.205 e. The van der Waals surface area contributed by atoms with Crippen LogP contribution in [0.4, 0.5) is 8.78 Å². The summed E-state index contributed by atoms with van der Waals surface area (Å²) in [5, 5.41) is 0. The lowest BCUT2D eigenvalue weighted by Gasteiger charge is -1.97. The fraction of sp³-hybridized carbons (Fsp3) is 0.125. The third kappa shape index (κ3) is 1.53. The molecule has 0 atom stereocenters. The Balaban J connectivity index is 2.89. The summed E-state index contributed by atoms with van der Waals surface area (Å²) in [6, 6.07) is 5.91. The SMILES string of the molecule is [CH2]c1ccc(C(F)F)cc1. The molecular weight excluding hydrogens is 134 g/mol. The Labute approximate surface area is 58.5 Å². The number of benzene rings is 1. The highest BCUT2D eigenvalue weighted by atomic mass is 19.3. The molecule has 0 spiro atoms. The zero-order valence-electron chi connectivity index (χ0n) is 5.35. The summed E-state index contributed by atoms with van der Waals surface area (Å²) in [4.78, 5) is 0. The van der Waals surface area contributed by atoms with Crippen molar-refractivity contribution in [2.45, 2.75) is 6.43 Å². The van der Waals surface area contributed by atoms with Gasteiger partial charge in [0.2, 0.25) is 0 Å². The van der Waals surface area contributed by atoms with Crippen LogP contribution in [0.2, 0.25) is 0 Å². The minimum absolute atomic E-state index is 0.0485. The van der Waals surface area contributed by atoms with Gasteiger partial charge in [-0.05, 0) is 12.5 Å². The summed E-state index contributed by atoms with van der Waals surface area (Å²) < 4.78 is 23.8. The molecule has 2 heteroatoms. The van der Waals surface area contributed by atoms with Crippen molar-refractivity contribution in [3.05, 3.63) is 42.3 Å². The molecule has 0 aromatic heterocycles. The number of halogens is 2. The fourth-order valence-electron chi connectivity index (χ4n) is 0.663. The molecule has 0 saturated carbocycles. The standard InChI is InChI=1S/C8H7F2/c1-6-2-4-7(5-3-6)8(9)10/h2-5,8H,1H2. The Bertz CT molecular complexity index is 201. The normalized spacial score (nSPS) is 10.4. The largest absolute Gasteiger partial charge is 0.263 e. The van der Waals surface area contributed by atoms with E-state index >= 15 is 0 Å². The predicted octanol–water partition coefficient (Wildman–Crippen LogP) is 2.81. The second-order valence-electron chi connectivity index (χ2n) is 2.04. The lowest BCUT2D eigenvalue weighted by molar-refractivity contribution is 0.151. The Morgan fingerprint density at radius 3 is 2.00 bits per heavy atom. The van der Waals surface area contributed by atoms with Crippen LogP contribution in [0.5, 0.6) is 0 Å². The molecule has 0 N–H and O–H groups in total. The van der Waals surface area contributed by atoms with Crippen molar-refractivity contribution in [1.82, 2.24) is 0 Å². The maximum atomic E-state index is 11.9. The van der Waals surface area contributed by atoms with Crippen molar-refractivity contribution < 1.29 is 8.78 Å². The number of hydrogen-bond acceptors (Lipinski definition) is 0. The van der Waals surface area contributed by atoms with Gasteiger partial charge >= 0.3 is 0 Å².